The summed E-state index contributed by atoms with van der Waals surface area (Å²) in [5.74, 6) is 0.0343. The summed E-state index contributed by atoms with van der Waals surface area (Å²) < 4.78 is 0. The molecular formula is C23H21N3O. The van der Waals surface area contributed by atoms with E-state index in [4.69, 9.17) is 5.26 Å². The van der Waals surface area contributed by atoms with E-state index in [1.807, 2.05) is 78.9 Å². The van der Waals surface area contributed by atoms with E-state index in [2.05, 4.69) is 11.4 Å². The maximum absolute atomic E-state index is 12.9. The number of anilines is 2. The Morgan fingerprint density at radius 1 is 0.889 bits per heavy atom. The van der Waals surface area contributed by atoms with Crippen molar-refractivity contribution in [1.29, 1.82) is 5.26 Å². The molecule has 0 heterocycles. The number of nitrogens with one attached hydrogen (secondary N) is 1. The van der Waals surface area contributed by atoms with Crippen LogP contribution in [0.1, 0.15) is 17.5 Å². The number of nitrogens with zero attached hydrogens (tertiary/aromatic N) is 2. The van der Waals surface area contributed by atoms with Crippen LogP contribution >= 0.6 is 0 Å². The first-order chi connectivity index (χ1) is 13.3. The summed E-state index contributed by atoms with van der Waals surface area (Å²) >= 11 is 0. The van der Waals surface area contributed by atoms with Gasteiger partial charge >= 0.3 is 0 Å². The maximum Gasteiger partial charge on any atom is 0.229 e. The fourth-order valence-corrected chi connectivity index (χ4v) is 2.87. The molecule has 27 heavy (non-hydrogen) atoms. The summed E-state index contributed by atoms with van der Waals surface area (Å²) in [6.45, 7) is 0.994. The first-order valence-corrected chi connectivity index (χ1v) is 8.90. The predicted octanol–water partition coefficient (Wildman–Crippen LogP) is 4.59. The van der Waals surface area contributed by atoms with Crippen LogP contribution < -0.4 is 10.2 Å². The Bertz CT molecular complexity index is 917. The standard InChI is InChI=1S/C23H21N3O/c24-17-20-11-7-8-14-22(20)25-16-15-23(27)26(21-12-5-2-6-13-21)18-19-9-3-1-4-10-19/h1-14,25H,15-16,18H2. The minimum atomic E-state index is 0.0343. The molecule has 1 N–H and O–H groups in total. The molecule has 0 bridgehead atoms. The average molecular weight is 355 g/mol. The van der Waals surface area contributed by atoms with Gasteiger partial charge in [-0.2, -0.15) is 5.26 Å². The van der Waals surface area contributed by atoms with Crippen molar-refractivity contribution in [3.8, 4) is 6.07 Å². The van der Waals surface area contributed by atoms with Gasteiger partial charge in [-0.25, -0.2) is 0 Å². The highest BCUT2D eigenvalue weighted by Crippen LogP contribution is 2.19. The number of carbonyl (C=O) groups excluding carboxylic acids is 1. The van der Waals surface area contributed by atoms with Crippen molar-refractivity contribution in [2.45, 2.75) is 13.0 Å². The topological polar surface area (TPSA) is 56.1 Å². The third kappa shape index (κ3) is 4.96. The first kappa shape index (κ1) is 18.2. The maximum atomic E-state index is 12.9. The quantitative estimate of drug-likeness (QED) is 0.674. The summed E-state index contributed by atoms with van der Waals surface area (Å²) in [6, 6.07) is 29.1. The molecule has 0 aromatic heterocycles. The highest BCUT2D eigenvalue weighted by molar-refractivity contribution is 5.93. The summed E-state index contributed by atoms with van der Waals surface area (Å²) in [6.07, 6.45) is 0.335. The summed E-state index contributed by atoms with van der Waals surface area (Å²) in [7, 11) is 0. The Hall–Kier alpha value is -3.58. The second-order valence-corrected chi connectivity index (χ2v) is 6.14. The third-order valence-electron chi connectivity index (χ3n) is 4.25. The molecule has 0 aliphatic carbocycles. The SMILES string of the molecule is N#Cc1ccccc1NCCC(=O)N(Cc1ccccc1)c1ccccc1. The number of rotatable bonds is 7. The summed E-state index contributed by atoms with van der Waals surface area (Å²) in [5, 5.41) is 12.4. The van der Waals surface area contributed by atoms with Gasteiger partial charge in [-0.15, -0.1) is 0 Å². The van der Waals surface area contributed by atoms with Crippen molar-refractivity contribution in [2.75, 3.05) is 16.8 Å². The van der Waals surface area contributed by atoms with Crippen molar-refractivity contribution in [3.05, 3.63) is 96.1 Å². The lowest BCUT2D eigenvalue weighted by molar-refractivity contribution is -0.118. The van der Waals surface area contributed by atoms with E-state index in [1.165, 1.54) is 0 Å². The van der Waals surface area contributed by atoms with Gasteiger partial charge < -0.3 is 10.2 Å². The second kappa shape index (κ2) is 9.21. The lowest BCUT2D eigenvalue weighted by Crippen LogP contribution is -2.31. The van der Waals surface area contributed by atoms with Gasteiger partial charge in [0, 0.05) is 18.7 Å². The molecule has 0 unspecified atom stereocenters. The molecule has 4 heteroatoms. The highest BCUT2D eigenvalue weighted by atomic mass is 16.2. The van der Waals surface area contributed by atoms with Gasteiger partial charge in [-0.05, 0) is 29.8 Å². The molecule has 0 saturated heterocycles. The van der Waals surface area contributed by atoms with Crippen LogP contribution in [0.15, 0.2) is 84.9 Å². The largest absolute Gasteiger partial charge is 0.383 e. The van der Waals surface area contributed by atoms with E-state index in [0.29, 0.717) is 25.1 Å². The van der Waals surface area contributed by atoms with Crippen LogP contribution in [0.25, 0.3) is 0 Å². The molecule has 0 aliphatic rings. The Balaban J connectivity index is 1.69. The van der Waals surface area contributed by atoms with Gasteiger partial charge in [0.05, 0.1) is 17.8 Å². The van der Waals surface area contributed by atoms with Gasteiger partial charge in [0.25, 0.3) is 0 Å². The number of carbonyl (C=O) groups is 1. The van der Waals surface area contributed by atoms with Crippen molar-refractivity contribution in [2.24, 2.45) is 0 Å². The minimum absolute atomic E-state index is 0.0343. The first-order valence-electron chi connectivity index (χ1n) is 8.90. The second-order valence-electron chi connectivity index (χ2n) is 6.14. The van der Waals surface area contributed by atoms with Crippen molar-refractivity contribution in [1.82, 2.24) is 0 Å². The molecule has 3 rings (SSSR count). The number of benzene rings is 3. The zero-order valence-electron chi connectivity index (χ0n) is 15.0. The van der Waals surface area contributed by atoms with Crippen LogP contribution in [0.2, 0.25) is 0 Å². The van der Waals surface area contributed by atoms with E-state index in [9.17, 15) is 4.79 Å². The fourth-order valence-electron chi connectivity index (χ4n) is 2.87. The lowest BCUT2D eigenvalue weighted by atomic mass is 10.1. The van der Waals surface area contributed by atoms with Crippen LogP contribution in [-0.2, 0) is 11.3 Å². The van der Waals surface area contributed by atoms with Crippen molar-refractivity contribution in [3.63, 3.8) is 0 Å². The van der Waals surface area contributed by atoms with Gasteiger partial charge in [0.2, 0.25) is 5.91 Å². The molecule has 134 valence electrons. The number of hydrogen-bond acceptors (Lipinski definition) is 3. The Kier molecular flexibility index (Phi) is 6.21. The zero-order valence-corrected chi connectivity index (χ0v) is 15.0. The fraction of sp³-hybridized carbons (Fsp3) is 0.130. The summed E-state index contributed by atoms with van der Waals surface area (Å²) in [4.78, 5) is 14.7. The molecule has 0 saturated carbocycles. The molecule has 4 nitrogen and oxygen atoms in total. The van der Waals surface area contributed by atoms with E-state index in [-0.39, 0.29) is 5.91 Å². The smallest absolute Gasteiger partial charge is 0.229 e. The van der Waals surface area contributed by atoms with Gasteiger partial charge in [0.1, 0.15) is 6.07 Å². The third-order valence-corrected chi connectivity index (χ3v) is 4.25. The predicted molar refractivity (Wildman–Crippen MR) is 108 cm³/mol. The van der Waals surface area contributed by atoms with Crippen LogP contribution in [0.4, 0.5) is 11.4 Å². The number of para-hydroxylation sites is 2. The van der Waals surface area contributed by atoms with Crippen molar-refractivity contribution >= 4 is 17.3 Å². The molecule has 1 amide bonds. The molecule has 0 fully saturated rings. The van der Waals surface area contributed by atoms with Gasteiger partial charge in [-0.1, -0.05) is 60.7 Å². The number of hydrogen-bond donors (Lipinski definition) is 1. The van der Waals surface area contributed by atoms with Crippen LogP contribution in [0.3, 0.4) is 0 Å². The van der Waals surface area contributed by atoms with E-state index < -0.39 is 0 Å². The van der Waals surface area contributed by atoms with Gasteiger partial charge in [-0.3, -0.25) is 4.79 Å². The van der Waals surface area contributed by atoms with E-state index in [0.717, 1.165) is 16.9 Å². The molecule has 0 atom stereocenters. The molecule has 0 radical (unpaired) electrons. The molecule has 3 aromatic carbocycles. The monoisotopic (exact) mass is 355 g/mol. The van der Waals surface area contributed by atoms with E-state index in [1.54, 1.807) is 11.0 Å². The normalized spacial score (nSPS) is 10.0. The van der Waals surface area contributed by atoms with Crippen molar-refractivity contribution < 1.29 is 4.79 Å². The zero-order chi connectivity index (χ0) is 18.9. The van der Waals surface area contributed by atoms with Gasteiger partial charge in [0.15, 0.2) is 0 Å². The Morgan fingerprint density at radius 3 is 2.22 bits per heavy atom. The number of amides is 1. The van der Waals surface area contributed by atoms with Crippen LogP contribution in [0.5, 0.6) is 0 Å². The Morgan fingerprint density at radius 2 is 1.52 bits per heavy atom. The minimum Gasteiger partial charge on any atom is -0.383 e. The van der Waals surface area contributed by atoms with Crippen LogP contribution in [-0.4, -0.2) is 12.5 Å². The molecule has 0 spiro atoms. The number of nitriles is 1. The summed E-state index contributed by atoms with van der Waals surface area (Å²) in [5.41, 5.74) is 3.29. The average Bonchev–Trinajstić information content (AvgIpc) is 2.73. The van der Waals surface area contributed by atoms with E-state index >= 15 is 0 Å². The molecule has 0 aliphatic heterocycles. The van der Waals surface area contributed by atoms with Crippen LogP contribution in [0, 0.1) is 11.3 Å². The lowest BCUT2D eigenvalue weighted by Gasteiger charge is -2.23. The Labute approximate surface area is 159 Å². The molecular weight excluding hydrogens is 334 g/mol. The highest BCUT2D eigenvalue weighted by Gasteiger charge is 2.16. The molecule has 3 aromatic rings.